The minimum atomic E-state index is -0.869. The van der Waals surface area contributed by atoms with Crippen molar-refractivity contribution in [1.82, 2.24) is 5.16 Å². The Kier molecular flexibility index (Phi) is 2.27. The topological polar surface area (TPSA) is 89.3 Å². The lowest BCUT2D eigenvalue weighted by molar-refractivity contribution is -0.138. The van der Waals surface area contributed by atoms with Crippen molar-refractivity contribution in [3.63, 3.8) is 0 Å². The molecule has 1 aromatic heterocycles. The number of nitrogens with two attached hydrogens (primary N) is 1. The highest BCUT2D eigenvalue weighted by atomic mass is 16.5. The monoisotopic (exact) mass is 184 g/mol. The van der Waals surface area contributed by atoms with Gasteiger partial charge in [-0.25, -0.2) is 0 Å². The van der Waals surface area contributed by atoms with Gasteiger partial charge in [0.1, 0.15) is 0 Å². The summed E-state index contributed by atoms with van der Waals surface area (Å²) in [5, 5.41) is 12.3. The standard InChI is InChI=1S/C8H12N2O3/c1-8(2,4-7(11)12)5-3-6(9)13-10-5/h3H,4,9H2,1-2H3,(H,11,12). The summed E-state index contributed by atoms with van der Waals surface area (Å²) in [6, 6.07) is 1.54. The van der Waals surface area contributed by atoms with Crippen LogP contribution in [0.15, 0.2) is 10.6 Å². The molecule has 0 aromatic carbocycles. The van der Waals surface area contributed by atoms with Crippen molar-refractivity contribution in [2.24, 2.45) is 0 Å². The van der Waals surface area contributed by atoms with Crippen molar-refractivity contribution in [3.8, 4) is 0 Å². The van der Waals surface area contributed by atoms with E-state index in [0.717, 1.165) is 0 Å². The van der Waals surface area contributed by atoms with Crippen molar-refractivity contribution in [2.45, 2.75) is 25.7 Å². The predicted octanol–water partition coefficient (Wildman–Crippen LogP) is 1.01. The van der Waals surface area contributed by atoms with E-state index < -0.39 is 11.4 Å². The van der Waals surface area contributed by atoms with Crippen LogP contribution in [0.3, 0.4) is 0 Å². The van der Waals surface area contributed by atoms with Crippen LogP contribution in [0.25, 0.3) is 0 Å². The predicted molar refractivity (Wildman–Crippen MR) is 46.2 cm³/mol. The van der Waals surface area contributed by atoms with E-state index >= 15 is 0 Å². The minimum Gasteiger partial charge on any atom is -0.481 e. The number of aromatic nitrogens is 1. The second-order valence-corrected chi connectivity index (χ2v) is 3.57. The van der Waals surface area contributed by atoms with E-state index in [0.29, 0.717) is 5.69 Å². The third kappa shape index (κ3) is 2.21. The molecule has 0 atom stereocenters. The maximum atomic E-state index is 10.5. The highest BCUT2D eigenvalue weighted by molar-refractivity contribution is 5.68. The molecule has 0 spiro atoms. The Labute approximate surface area is 75.5 Å². The number of hydrogen-bond acceptors (Lipinski definition) is 4. The first-order chi connectivity index (χ1) is 5.92. The molecule has 5 heteroatoms. The molecule has 0 radical (unpaired) electrons. The van der Waals surface area contributed by atoms with Crippen LogP contribution in [0.5, 0.6) is 0 Å². The van der Waals surface area contributed by atoms with Crippen LogP contribution in [-0.2, 0) is 10.2 Å². The summed E-state index contributed by atoms with van der Waals surface area (Å²) in [5.41, 5.74) is 5.34. The molecule has 13 heavy (non-hydrogen) atoms. The summed E-state index contributed by atoms with van der Waals surface area (Å²) in [6.07, 6.45) is -0.00102. The lowest BCUT2D eigenvalue weighted by Gasteiger charge is -2.18. The molecule has 1 rings (SSSR count). The third-order valence-electron chi connectivity index (χ3n) is 1.81. The number of aliphatic carboxylic acids is 1. The number of hydrogen-bond donors (Lipinski definition) is 2. The smallest absolute Gasteiger partial charge is 0.304 e. The molecule has 0 aliphatic heterocycles. The zero-order valence-corrected chi connectivity index (χ0v) is 7.57. The summed E-state index contributed by atoms with van der Waals surface area (Å²) in [7, 11) is 0. The van der Waals surface area contributed by atoms with E-state index in [-0.39, 0.29) is 12.3 Å². The first-order valence-electron chi connectivity index (χ1n) is 3.86. The molecule has 3 N–H and O–H groups in total. The Morgan fingerprint density at radius 3 is 2.77 bits per heavy atom. The van der Waals surface area contributed by atoms with Crippen LogP contribution in [-0.4, -0.2) is 16.2 Å². The summed E-state index contributed by atoms with van der Waals surface area (Å²) in [5.74, 6) is -0.667. The number of carboxylic acids is 1. The van der Waals surface area contributed by atoms with Crippen LogP contribution in [0.4, 0.5) is 5.88 Å². The van der Waals surface area contributed by atoms with Gasteiger partial charge in [-0.2, -0.15) is 0 Å². The third-order valence-corrected chi connectivity index (χ3v) is 1.81. The summed E-state index contributed by atoms with van der Waals surface area (Å²) < 4.78 is 4.67. The molecule has 0 bridgehead atoms. The summed E-state index contributed by atoms with van der Waals surface area (Å²) in [4.78, 5) is 10.5. The number of carbonyl (C=O) groups is 1. The maximum Gasteiger partial charge on any atom is 0.304 e. The number of carboxylic acid groups (broad SMARTS) is 1. The van der Waals surface area contributed by atoms with E-state index in [1.807, 2.05) is 0 Å². The van der Waals surface area contributed by atoms with E-state index in [9.17, 15) is 4.79 Å². The Morgan fingerprint density at radius 1 is 1.77 bits per heavy atom. The van der Waals surface area contributed by atoms with E-state index in [1.54, 1.807) is 19.9 Å². The van der Waals surface area contributed by atoms with Crippen LogP contribution in [0, 0.1) is 0 Å². The molecular formula is C8H12N2O3. The molecule has 0 amide bonds. The Balaban J connectivity index is 2.86. The summed E-state index contributed by atoms with van der Waals surface area (Å²) in [6.45, 7) is 3.55. The molecule has 0 saturated carbocycles. The molecule has 0 fully saturated rings. The van der Waals surface area contributed by atoms with Crippen molar-refractivity contribution < 1.29 is 14.4 Å². The number of nitrogens with zero attached hydrogens (tertiary/aromatic N) is 1. The second-order valence-electron chi connectivity index (χ2n) is 3.57. The Hall–Kier alpha value is -1.52. The van der Waals surface area contributed by atoms with Crippen molar-refractivity contribution in [2.75, 3.05) is 5.73 Å². The Bertz CT molecular complexity index is 317. The zero-order chi connectivity index (χ0) is 10.1. The van der Waals surface area contributed by atoms with Crippen LogP contribution >= 0.6 is 0 Å². The molecule has 0 aliphatic carbocycles. The highest BCUT2D eigenvalue weighted by Crippen LogP contribution is 2.26. The lowest BCUT2D eigenvalue weighted by Crippen LogP contribution is -2.21. The van der Waals surface area contributed by atoms with Gasteiger partial charge in [0.25, 0.3) is 0 Å². The van der Waals surface area contributed by atoms with Crippen molar-refractivity contribution in [1.29, 1.82) is 0 Å². The zero-order valence-electron chi connectivity index (χ0n) is 7.57. The number of anilines is 1. The SMILES string of the molecule is CC(C)(CC(=O)O)c1cc(N)on1. The van der Waals surface area contributed by atoms with E-state index in [4.69, 9.17) is 10.8 Å². The van der Waals surface area contributed by atoms with Gasteiger partial charge in [0.05, 0.1) is 12.1 Å². The average molecular weight is 184 g/mol. The van der Waals surface area contributed by atoms with Gasteiger partial charge in [-0.05, 0) is 0 Å². The van der Waals surface area contributed by atoms with Gasteiger partial charge in [-0.15, -0.1) is 0 Å². The van der Waals surface area contributed by atoms with Gasteiger partial charge in [-0.3, -0.25) is 4.79 Å². The van der Waals surface area contributed by atoms with Crippen LogP contribution < -0.4 is 5.73 Å². The van der Waals surface area contributed by atoms with Gasteiger partial charge in [-0.1, -0.05) is 19.0 Å². The molecule has 0 saturated heterocycles. The van der Waals surface area contributed by atoms with Gasteiger partial charge in [0.2, 0.25) is 5.88 Å². The highest BCUT2D eigenvalue weighted by Gasteiger charge is 2.27. The molecular weight excluding hydrogens is 172 g/mol. The largest absolute Gasteiger partial charge is 0.481 e. The first-order valence-corrected chi connectivity index (χ1v) is 3.86. The van der Waals surface area contributed by atoms with Crippen molar-refractivity contribution in [3.05, 3.63) is 11.8 Å². The normalized spacial score (nSPS) is 11.5. The van der Waals surface area contributed by atoms with E-state index in [1.165, 1.54) is 0 Å². The average Bonchev–Trinajstić information content (AvgIpc) is 2.32. The van der Waals surface area contributed by atoms with Gasteiger partial charge in [0, 0.05) is 11.5 Å². The minimum absolute atomic E-state index is 0.00102. The molecule has 1 aromatic rings. The van der Waals surface area contributed by atoms with Gasteiger partial charge < -0.3 is 15.4 Å². The molecule has 0 aliphatic rings. The molecule has 1 heterocycles. The van der Waals surface area contributed by atoms with Crippen LogP contribution in [0.1, 0.15) is 26.0 Å². The fraction of sp³-hybridized carbons (Fsp3) is 0.500. The fourth-order valence-electron chi connectivity index (χ4n) is 1.08. The second kappa shape index (κ2) is 3.08. The van der Waals surface area contributed by atoms with Gasteiger partial charge in [0.15, 0.2) is 0 Å². The summed E-state index contributed by atoms with van der Waals surface area (Å²) >= 11 is 0. The van der Waals surface area contributed by atoms with E-state index in [2.05, 4.69) is 9.68 Å². The maximum absolute atomic E-state index is 10.5. The van der Waals surface area contributed by atoms with Crippen LogP contribution in [0.2, 0.25) is 0 Å². The van der Waals surface area contributed by atoms with Crippen molar-refractivity contribution >= 4 is 11.9 Å². The first kappa shape index (κ1) is 9.57. The number of nitrogen functional groups attached to an aromatic ring is 1. The lowest BCUT2D eigenvalue weighted by atomic mass is 9.86. The molecule has 0 unspecified atom stereocenters. The number of rotatable bonds is 3. The quantitative estimate of drug-likeness (QED) is 0.731. The molecule has 72 valence electrons. The molecule has 5 nitrogen and oxygen atoms in total. The van der Waals surface area contributed by atoms with Gasteiger partial charge >= 0.3 is 5.97 Å². The Morgan fingerprint density at radius 2 is 2.38 bits per heavy atom. The fourth-order valence-corrected chi connectivity index (χ4v) is 1.08.